The third-order valence-electron chi connectivity index (χ3n) is 2.19. The van der Waals surface area contributed by atoms with Crippen molar-refractivity contribution in [2.24, 2.45) is 4.99 Å². The summed E-state index contributed by atoms with van der Waals surface area (Å²) < 4.78 is 5.77. The average molecular weight is 270 g/mol. The Morgan fingerprint density at radius 2 is 1.90 bits per heavy atom. The second-order valence-electron chi connectivity index (χ2n) is 5.22. The molecule has 0 fully saturated rings. The number of nitrogens with one attached hydrogen (secondary N) is 1. The summed E-state index contributed by atoms with van der Waals surface area (Å²) in [5.74, 6) is 1.30. The molecule has 0 bridgehead atoms. The first-order valence-electron chi connectivity index (χ1n) is 6.39. The van der Waals surface area contributed by atoms with Crippen LogP contribution in [0.1, 0.15) is 20.8 Å². The van der Waals surface area contributed by atoms with Crippen LogP contribution in [-0.2, 0) is 0 Å². The van der Waals surface area contributed by atoms with E-state index in [9.17, 15) is 0 Å². The Bertz CT molecular complexity index is 518. The number of nitrogens with zero attached hydrogens (tertiary/aromatic N) is 3. The zero-order valence-corrected chi connectivity index (χ0v) is 11.9. The standard InChI is InChI=1S/C15H18N4O/c1-15(2,3)19-14(18-13-11-16-9-10-17-13)20-12-7-5-4-6-8-12/h4-11H,1-3H3,(H,17,18,19). The number of benzene rings is 1. The molecule has 20 heavy (non-hydrogen) atoms. The van der Waals surface area contributed by atoms with Crippen LogP contribution in [0.4, 0.5) is 5.82 Å². The van der Waals surface area contributed by atoms with Gasteiger partial charge >= 0.3 is 0 Å². The summed E-state index contributed by atoms with van der Waals surface area (Å²) in [6.07, 6.45) is 4.84. The predicted octanol–water partition coefficient (Wildman–Crippen LogP) is 3.12. The molecule has 1 N–H and O–H groups in total. The van der Waals surface area contributed by atoms with Crippen molar-refractivity contribution < 1.29 is 4.74 Å². The van der Waals surface area contributed by atoms with Crippen molar-refractivity contribution >= 4 is 11.8 Å². The second kappa shape index (κ2) is 6.14. The quantitative estimate of drug-likeness (QED) is 0.673. The predicted molar refractivity (Wildman–Crippen MR) is 79.9 cm³/mol. The van der Waals surface area contributed by atoms with Crippen molar-refractivity contribution in [3.05, 3.63) is 48.9 Å². The molecule has 0 saturated carbocycles. The summed E-state index contributed by atoms with van der Waals surface area (Å²) in [7, 11) is 0. The Labute approximate surface area is 118 Å². The molecule has 104 valence electrons. The minimum atomic E-state index is -0.265. The fourth-order valence-corrected chi connectivity index (χ4v) is 1.45. The van der Waals surface area contributed by atoms with E-state index < -0.39 is 0 Å². The van der Waals surface area contributed by atoms with Gasteiger partial charge in [0.05, 0.1) is 11.7 Å². The summed E-state index contributed by atoms with van der Waals surface area (Å²) in [5, 5.41) is 3.04. The molecule has 0 atom stereocenters. The van der Waals surface area contributed by atoms with E-state index >= 15 is 0 Å². The molecule has 0 aliphatic heterocycles. The van der Waals surface area contributed by atoms with Crippen LogP contribution in [0.15, 0.2) is 53.9 Å². The lowest BCUT2D eigenvalue weighted by Crippen LogP contribution is -2.25. The largest absolute Gasteiger partial charge is 0.426 e. The van der Waals surface area contributed by atoms with Gasteiger partial charge in [-0.15, -0.1) is 0 Å². The van der Waals surface area contributed by atoms with Gasteiger partial charge in [0.25, 0.3) is 6.02 Å². The van der Waals surface area contributed by atoms with E-state index in [0.717, 1.165) is 0 Å². The number of anilines is 1. The number of aromatic nitrogens is 2. The lowest BCUT2D eigenvalue weighted by Gasteiger charge is -2.16. The third kappa shape index (κ3) is 4.68. The maximum absolute atomic E-state index is 5.77. The molecule has 0 spiro atoms. The number of hydrogen-bond donors (Lipinski definition) is 1. The summed E-state index contributed by atoms with van der Waals surface area (Å²) in [5.41, 5.74) is -0.265. The van der Waals surface area contributed by atoms with Crippen molar-refractivity contribution in [3.63, 3.8) is 0 Å². The van der Waals surface area contributed by atoms with Crippen molar-refractivity contribution in [1.82, 2.24) is 9.97 Å². The van der Waals surface area contributed by atoms with Crippen LogP contribution in [0.2, 0.25) is 0 Å². The van der Waals surface area contributed by atoms with Gasteiger partial charge in [-0.25, -0.2) is 9.98 Å². The number of ether oxygens (including phenoxy) is 1. The maximum Gasteiger partial charge on any atom is 0.296 e. The highest BCUT2D eigenvalue weighted by Gasteiger charge is 2.12. The smallest absolute Gasteiger partial charge is 0.296 e. The Morgan fingerprint density at radius 1 is 1.15 bits per heavy atom. The van der Waals surface area contributed by atoms with Gasteiger partial charge in [-0.2, -0.15) is 0 Å². The van der Waals surface area contributed by atoms with Crippen LogP contribution in [0.5, 0.6) is 5.75 Å². The number of hydrogen-bond acceptors (Lipinski definition) is 4. The molecule has 0 unspecified atom stereocenters. The summed E-state index contributed by atoms with van der Waals surface area (Å²) in [4.78, 5) is 12.7. The first kappa shape index (κ1) is 14.0. The van der Waals surface area contributed by atoms with Crippen molar-refractivity contribution in [2.45, 2.75) is 26.3 Å². The third-order valence-corrected chi connectivity index (χ3v) is 2.19. The first-order chi connectivity index (χ1) is 9.53. The van der Waals surface area contributed by atoms with Gasteiger partial charge in [0.2, 0.25) is 0 Å². The molecule has 2 rings (SSSR count). The van der Waals surface area contributed by atoms with Crippen LogP contribution >= 0.6 is 0 Å². The molecule has 1 aromatic carbocycles. The van der Waals surface area contributed by atoms with Crippen LogP contribution in [-0.4, -0.2) is 21.5 Å². The van der Waals surface area contributed by atoms with Crippen LogP contribution in [0, 0.1) is 0 Å². The normalized spacial score (nSPS) is 12.1. The Balaban J connectivity index is 2.20. The molecular formula is C15H18N4O. The van der Waals surface area contributed by atoms with E-state index in [1.165, 1.54) is 0 Å². The monoisotopic (exact) mass is 270 g/mol. The number of aliphatic imine (C=N–C) groups is 1. The van der Waals surface area contributed by atoms with Crippen LogP contribution in [0.3, 0.4) is 0 Å². The molecule has 0 radical (unpaired) electrons. The summed E-state index contributed by atoms with van der Waals surface area (Å²) >= 11 is 0. The highest BCUT2D eigenvalue weighted by molar-refractivity contribution is 5.89. The molecule has 1 aromatic heterocycles. The minimum absolute atomic E-state index is 0.265. The van der Waals surface area contributed by atoms with E-state index in [1.807, 2.05) is 51.1 Å². The molecule has 5 heteroatoms. The van der Waals surface area contributed by atoms with Gasteiger partial charge in [-0.3, -0.25) is 10.3 Å². The van der Waals surface area contributed by atoms with Gasteiger partial charge in [0.15, 0.2) is 5.82 Å². The summed E-state index contributed by atoms with van der Waals surface area (Å²) in [6.45, 7) is 6.00. The lowest BCUT2D eigenvalue weighted by molar-refractivity contribution is 0.508. The topological polar surface area (TPSA) is 59.4 Å². The highest BCUT2D eigenvalue weighted by atomic mass is 16.5. The van der Waals surface area contributed by atoms with E-state index in [4.69, 9.17) is 4.74 Å². The van der Waals surface area contributed by atoms with Crippen molar-refractivity contribution in [1.29, 1.82) is 0 Å². The fraction of sp³-hybridized carbons (Fsp3) is 0.267. The molecule has 0 aliphatic carbocycles. The Hall–Kier alpha value is -2.43. The minimum Gasteiger partial charge on any atom is -0.426 e. The average Bonchev–Trinajstić information content (AvgIpc) is 2.39. The second-order valence-corrected chi connectivity index (χ2v) is 5.22. The van der Waals surface area contributed by atoms with E-state index in [0.29, 0.717) is 17.6 Å². The number of rotatable bonds is 2. The molecule has 0 saturated heterocycles. The van der Waals surface area contributed by atoms with Crippen LogP contribution in [0.25, 0.3) is 0 Å². The molecule has 2 aromatic rings. The lowest BCUT2D eigenvalue weighted by atomic mass is 10.1. The van der Waals surface area contributed by atoms with Gasteiger partial charge in [0.1, 0.15) is 5.75 Å². The van der Waals surface area contributed by atoms with Crippen molar-refractivity contribution in [3.8, 4) is 5.75 Å². The molecule has 5 nitrogen and oxygen atoms in total. The first-order valence-corrected chi connectivity index (χ1v) is 6.39. The molecule has 0 aliphatic rings. The highest BCUT2D eigenvalue weighted by Crippen LogP contribution is 2.13. The zero-order chi connectivity index (χ0) is 14.4. The molecule has 0 amide bonds. The Kier molecular flexibility index (Phi) is 4.30. The van der Waals surface area contributed by atoms with Gasteiger partial charge in [-0.05, 0) is 32.9 Å². The maximum atomic E-state index is 5.77. The van der Waals surface area contributed by atoms with E-state index in [2.05, 4.69) is 20.3 Å². The fourth-order valence-electron chi connectivity index (χ4n) is 1.45. The summed E-state index contributed by atoms with van der Waals surface area (Å²) in [6, 6.07) is 9.89. The van der Waals surface area contributed by atoms with Gasteiger partial charge < -0.3 is 4.74 Å². The van der Waals surface area contributed by atoms with Crippen molar-refractivity contribution in [2.75, 3.05) is 5.32 Å². The SMILES string of the molecule is CC(C)(C)N=C(Nc1cnccn1)Oc1ccccc1. The van der Waals surface area contributed by atoms with Crippen LogP contribution < -0.4 is 10.1 Å². The van der Waals surface area contributed by atoms with Gasteiger partial charge in [-0.1, -0.05) is 18.2 Å². The van der Waals surface area contributed by atoms with E-state index in [-0.39, 0.29) is 5.54 Å². The number of para-hydroxylation sites is 1. The molecular weight excluding hydrogens is 252 g/mol. The zero-order valence-electron chi connectivity index (χ0n) is 11.9. The Morgan fingerprint density at radius 3 is 2.50 bits per heavy atom. The number of amidine groups is 1. The molecule has 1 heterocycles. The van der Waals surface area contributed by atoms with Gasteiger partial charge in [0, 0.05) is 12.4 Å². The van der Waals surface area contributed by atoms with E-state index in [1.54, 1.807) is 18.6 Å².